The summed E-state index contributed by atoms with van der Waals surface area (Å²) >= 11 is 0. The number of nitrogens with zero attached hydrogens (tertiary/aromatic N) is 2. The molecule has 174 valence electrons. The normalized spacial score (nSPS) is 11.7. The summed E-state index contributed by atoms with van der Waals surface area (Å²) in [4.78, 5) is 30.0. The maximum atomic E-state index is 12.9. The lowest BCUT2D eigenvalue weighted by Crippen LogP contribution is -2.43. The second-order valence-corrected chi connectivity index (χ2v) is 7.99. The van der Waals surface area contributed by atoms with Crippen LogP contribution < -0.4 is 10.1 Å². The first-order valence-corrected chi connectivity index (χ1v) is 11.2. The number of amides is 1. The van der Waals surface area contributed by atoms with E-state index in [2.05, 4.69) is 10.3 Å². The summed E-state index contributed by atoms with van der Waals surface area (Å²) in [6.45, 7) is 4.28. The third kappa shape index (κ3) is 5.81. The molecule has 1 amide bonds. The lowest BCUT2D eigenvalue weighted by Gasteiger charge is -2.18. The van der Waals surface area contributed by atoms with Crippen LogP contribution in [0.5, 0.6) is 5.75 Å². The molecule has 0 aliphatic heterocycles. The molecule has 0 saturated carbocycles. The van der Waals surface area contributed by atoms with E-state index in [1.807, 2.05) is 66.2 Å². The van der Waals surface area contributed by atoms with E-state index in [1.165, 1.54) is 0 Å². The number of benzene rings is 2. The summed E-state index contributed by atoms with van der Waals surface area (Å²) in [5.74, 6) is -0.298. The molecule has 1 unspecified atom stereocenters. The van der Waals surface area contributed by atoms with Gasteiger partial charge in [0.15, 0.2) is 0 Å². The zero-order chi connectivity index (χ0) is 23.9. The molecule has 0 aliphatic carbocycles. The molecule has 2 aromatic carbocycles. The molecule has 7 nitrogen and oxygen atoms in total. The Morgan fingerprint density at radius 1 is 1.03 bits per heavy atom. The molecule has 34 heavy (non-hydrogen) atoms. The zero-order valence-corrected chi connectivity index (χ0v) is 19.2. The second-order valence-electron chi connectivity index (χ2n) is 7.99. The Kier molecular flexibility index (Phi) is 7.22. The second kappa shape index (κ2) is 10.7. The zero-order valence-electron chi connectivity index (χ0n) is 19.2. The van der Waals surface area contributed by atoms with Gasteiger partial charge in [-0.05, 0) is 49.2 Å². The summed E-state index contributed by atoms with van der Waals surface area (Å²) in [5.41, 5.74) is 4.10. The summed E-state index contributed by atoms with van der Waals surface area (Å²) in [5, 5.41) is 2.81. The average Bonchev–Trinajstić information content (AvgIpc) is 3.25. The smallest absolute Gasteiger partial charge is 0.328 e. The number of fused-ring (bicyclic) bond motifs is 1. The van der Waals surface area contributed by atoms with Crippen molar-refractivity contribution in [2.45, 2.75) is 32.9 Å². The minimum atomic E-state index is -0.791. The van der Waals surface area contributed by atoms with E-state index in [0.29, 0.717) is 17.7 Å². The Bertz CT molecular complexity index is 1280. The van der Waals surface area contributed by atoms with Crippen molar-refractivity contribution in [3.8, 4) is 5.75 Å². The van der Waals surface area contributed by atoms with Crippen LogP contribution in [0, 0.1) is 6.92 Å². The molecule has 1 atom stereocenters. The Balaban J connectivity index is 1.43. The minimum absolute atomic E-state index is 0.242. The third-order valence-electron chi connectivity index (χ3n) is 5.29. The van der Waals surface area contributed by atoms with Crippen molar-refractivity contribution in [2.75, 3.05) is 6.61 Å². The molecule has 0 spiro atoms. The Hall–Kier alpha value is -4.13. The molecule has 0 fully saturated rings. The molecule has 1 N–H and O–H groups in total. The predicted octanol–water partition coefficient (Wildman–Crippen LogP) is 4.13. The SMILES string of the molecule is CCOC(=O)C(Cc1ccccc1)NC(=O)c1cccc(OCc2cn3cc(C)ccc3n2)c1. The number of aryl methyl sites for hydroxylation is 1. The molecule has 4 aromatic rings. The highest BCUT2D eigenvalue weighted by molar-refractivity contribution is 5.97. The van der Waals surface area contributed by atoms with Crippen LogP contribution in [0.2, 0.25) is 0 Å². The Morgan fingerprint density at radius 2 is 1.85 bits per heavy atom. The summed E-state index contributed by atoms with van der Waals surface area (Å²) in [6, 6.07) is 19.5. The first-order valence-electron chi connectivity index (χ1n) is 11.2. The fourth-order valence-electron chi connectivity index (χ4n) is 3.64. The third-order valence-corrected chi connectivity index (χ3v) is 5.29. The van der Waals surface area contributed by atoms with Gasteiger partial charge in [0.05, 0.1) is 12.3 Å². The first-order chi connectivity index (χ1) is 16.5. The van der Waals surface area contributed by atoms with Gasteiger partial charge >= 0.3 is 5.97 Å². The van der Waals surface area contributed by atoms with Crippen molar-refractivity contribution in [3.05, 3.63) is 102 Å². The molecule has 7 heteroatoms. The van der Waals surface area contributed by atoms with Crippen LogP contribution >= 0.6 is 0 Å². The molecule has 2 aromatic heterocycles. The Morgan fingerprint density at radius 3 is 2.65 bits per heavy atom. The summed E-state index contributed by atoms with van der Waals surface area (Å²) < 4.78 is 13.0. The molecule has 4 rings (SSSR count). The van der Waals surface area contributed by atoms with Gasteiger partial charge < -0.3 is 19.2 Å². The van der Waals surface area contributed by atoms with Gasteiger partial charge in [0.1, 0.15) is 24.0 Å². The van der Waals surface area contributed by atoms with Crippen LogP contribution in [0.1, 0.15) is 34.1 Å². The fraction of sp³-hybridized carbons (Fsp3) is 0.222. The van der Waals surface area contributed by atoms with E-state index in [4.69, 9.17) is 9.47 Å². The van der Waals surface area contributed by atoms with E-state index in [9.17, 15) is 9.59 Å². The average molecular weight is 458 g/mol. The van der Waals surface area contributed by atoms with E-state index < -0.39 is 12.0 Å². The Labute approximate surface area is 198 Å². The standard InChI is InChI=1S/C27H27N3O4/c1-3-33-27(32)24(14-20-8-5-4-6-9-20)29-26(31)21-10-7-11-23(15-21)34-18-22-17-30-16-19(2)12-13-25(30)28-22/h4-13,15-17,24H,3,14,18H2,1-2H3,(H,29,31). The van der Waals surface area contributed by atoms with Gasteiger partial charge in [0.2, 0.25) is 0 Å². The molecule has 0 radical (unpaired) electrons. The highest BCUT2D eigenvalue weighted by Crippen LogP contribution is 2.16. The van der Waals surface area contributed by atoms with Crippen LogP contribution in [0.15, 0.2) is 79.1 Å². The van der Waals surface area contributed by atoms with Gasteiger partial charge in [-0.2, -0.15) is 0 Å². The van der Waals surface area contributed by atoms with Gasteiger partial charge in [-0.15, -0.1) is 0 Å². The number of ether oxygens (including phenoxy) is 2. The number of esters is 1. The van der Waals surface area contributed by atoms with Crippen LogP contribution in [0.3, 0.4) is 0 Å². The van der Waals surface area contributed by atoms with Crippen molar-refractivity contribution < 1.29 is 19.1 Å². The van der Waals surface area contributed by atoms with Gasteiger partial charge in [-0.25, -0.2) is 9.78 Å². The van der Waals surface area contributed by atoms with Gasteiger partial charge in [-0.1, -0.05) is 42.5 Å². The van der Waals surface area contributed by atoms with E-state index in [-0.39, 0.29) is 19.1 Å². The summed E-state index contributed by atoms with van der Waals surface area (Å²) in [6.07, 6.45) is 4.27. The van der Waals surface area contributed by atoms with E-state index in [1.54, 1.807) is 31.2 Å². The summed E-state index contributed by atoms with van der Waals surface area (Å²) in [7, 11) is 0. The number of rotatable bonds is 9. The number of imidazole rings is 1. The molecule has 0 bridgehead atoms. The number of carbonyl (C=O) groups excluding carboxylic acids is 2. The van der Waals surface area contributed by atoms with Crippen LogP contribution in [-0.2, 0) is 22.6 Å². The van der Waals surface area contributed by atoms with Crippen molar-refractivity contribution in [3.63, 3.8) is 0 Å². The monoisotopic (exact) mass is 457 g/mol. The van der Waals surface area contributed by atoms with Crippen molar-refractivity contribution in [1.29, 1.82) is 0 Å². The van der Waals surface area contributed by atoms with Crippen molar-refractivity contribution in [2.24, 2.45) is 0 Å². The maximum absolute atomic E-state index is 12.9. The van der Waals surface area contributed by atoms with Crippen LogP contribution in [0.25, 0.3) is 5.65 Å². The molecular weight excluding hydrogens is 430 g/mol. The number of pyridine rings is 1. The van der Waals surface area contributed by atoms with Gasteiger partial charge in [-0.3, -0.25) is 4.79 Å². The molecule has 0 aliphatic rings. The number of aromatic nitrogens is 2. The fourth-order valence-corrected chi connectivity index (χ4v) is 3.64. The number of nitrogens with one attached hydrogen (secondary N) is 1. The lowest BCUT2D eigenvalue weighted by atomic mass is 10.1. The molecule has 0 saturated heterocycles. The number of hydrogen-bond acceptors (Lipinski definition) is 5. The quantitative estimate of drug-likeness (QED) is 0.382. The molecule has 2 heterocycles. The topological polar surface area (TPSA) is 81.9 Å². The van der Waals surface area contributed by atoms with E-state index in [0.717, 1.165) is 22.5 Å². The maximum Gasteiger partial charge on any atom is 0.328 e. The van der Waals surface area contributed by atoms with E-state index >= 15 is 0 Å². The first kappa shape index (κ1) is 23.0. The predicted molar refractivity (Wildman–Crippen MR) is 129 cm³/mol. The van der Waals surface area contributed by atoms with Crippen molar-refractivity contribution in [1.82, 2.24) is 14.7 Å². The van der Waals surface area contributed by atoms with Crippen LogP contribution in [-0.4, -0.2) is 33.9 Å². The highest BCUT2D eigenvalue weighted by atomic mass is 16.5. The van der Waals surface area contributed by atoms with Gasteiger partial charge in [0.25, 0.3) is 5.91 Å². The largest absolute Gasteiger partial charge is 0.487 e. The molecular formula is C27H27N3O4. The number of hydrogen-bond donors (Lipinski definition) is 1. The minimum Gasteiger partial charge on any atom is -0.487 e. The highest BCUT2D eigenvalue weighted by Gasteiger charge is 2.23. The van der Waals surface area contributed by atoms with Crippen molar-refractivity contribution >= 4 is 17.5 Å². The number of carbonyl (C=O) groups is 2. The van der Waals surface area contributed by atoms with Gasteiger partial charge in [0, 0.05) is 24.4 Å². The van der Waals surface area contributed by atoms with Crippen LogP contribution in [0.4, 0.5) is 0 Å². The lowest BCUT2D eigenvalue weighted by molar-refractivity contribution is -0.145.